The predicted octanol–water partition coefficient (Wildman–Crippen LogP) is 4.23. The molecule has 21 heavy (non-hydrogen) atoms. The average Bonchev–Trinajstić information content (AvgIpc) is 2.98. The van der Waals surface area contributed by atoms with Crippen LogP contribution in [0.15, 0.2) is 66.7 Å². The molecule has 3 aromatic rings. The number of para-hydroxylation sites is 1. The Morgan fingerprint density at radius 3 is 2.57 bits per heavy atom. The number of benzene rings is 3. The summed E-state index contributed by atoms with van der Waals surface area (Å²) < 4.78 is 0. The van der Waals surface area contributed by atoms with Gasteiger partial charge in [0.15, 0.2) is 5.78 Å². The van der Waals surface area contributed by atoms with Crippen LogP contribution >= 0.6 is 0 Å². The van der Waals surface area contributed by atoms with Crippen molar-refractivity contribution in [1.82, 2.24) is 0 Å². The molecule has 0 aliphatic carbocycles. The second-order valence-electron chi connectivity index (χ2n) is 5.45. The highest BCUT2D eigenvalue weighted by molar-refractivity contribution is 6.05. The van der Waals surface area contributed by atoms with Crippen LogP contribution in [0.3, 0.4) is 0 Å². The number of rotatable bonds is 2. The fourth-order valence-corrected chi connectivity index (χ4v) is 3.06. The number of carbonyl (C=O) groups is 1. The van der Waals surface area contributed by atoms with Gasteiger partial charge >= 0.3 is 0 Å². The van der Waals surface area contributed by atoms with Crippen LogP contribution < -0.4 is 5.32 Å². The first-order chi connectivity index (χ1) is 10.3. The van der Waals surface area contributed by atoms with Gasteiger partial charge in [-0.3, -0.25) is 4.79 Å². The summed E-state index contributed by atoms with van der Waals surface area (Å²) in [6.45, 7) is 0.686. The highest BCUT2D eigenvalue weighted by Gasteiger charge is 2.28. The maximum atomic E-state index is 12.8. The summed E-state index contributed by atoms with van der Waals surface area (Å²) in [6, 6.07) is 22.1. The molecule has 0 saturated heterocycles. The summed E-state index contributed by atoms with van der Waals surface area (Å²) in [7, 11) is 0. The van der Waals surface area contributed by atoms with Crippen LogP contribution in [-0.2, 0) is 0 Å². The minimum Gasteiger partial charge on any atom is -0.384 e. The second kappa shape index (κ2) is 4.74. The quantitative estimate of drug-likeness (QED) is 0.708. The van der Waals surface area contributed by atoms with Crippen LogP contribution in [-0.4, -0.2) is 12.3 Å². The van der Waals surface area contributed by atoms with Crippen molar-refractivity contribution in [3.8, 4) is 0 Å². The predicted molar refractivity (Wildman–Crippen MR) is 86.0 cm³/mol. The summed E-state index contributed by atoms with van der Waals surface area (Å²) in [5.74, 6) is 0.112. The first-order valence-electron chi connectivity index (χ1n) is 7.19. The molecule has 0 radical (unpaired) electrons. The van der Waals surface area contributed by atoms with Gasteiger partial charge in [0.2, 0.25) is 0 Å². The van der Waals surface area contributed by atoms with E-state index in [-0.39, 0.29) is 11.7 Å². The van der Waals surface area contributed by atoms with Crippen molar-refractivity contribution in [1.29, 1.82) is 0 Å². The van der Waals surface area contributed by atoms with E-state index in [4.69, 9.17) is 0 Å². The lowest BCUT2D eigenvalue weighted by Crippen LogP contribution is -2.14. The number of hydrogen-bond donors (Lipinski definition) is 1. The monoisotopic (exact) mass is 273 g/mol. The largest absolute Gasteiger partial charge is 0.384 e. The second-order valence-corrected chi connectivity index (χ2v) is 5.45. The standard InChI is InChI=1S/C19H15NO/c21-19(17-12-20-18-8-4-3-7-16(17)18)15-10-9-13-5-1-2-6-14(13)11-15/h1-11,17,20H,12H2. The molecule has 1 heterocycles. The molecule has 0 fully saturated rings. The minimum absolute atomic E-state index is 0.0811. The molecule has 0 amide bonds. The van der Waals surface area contributed by atoms with Crippen LogP contribution in [0.1, 0.15) is 21.8 Å². The zero-order valence-electron chi connectivity index (χ0n) is 11.5. The van der Waals surface area contributed by atoms with Crippen molar-refractivity contribution in [3.63, 3.8) is 0 Å². The van der Waals surface area contributed by atoms with E-state index in [2.05, 4.69) is 11.4 Å². The number of anilines is 1. The Bertz CT molecular complexity index is 838. The summed E-state index contributed by atoms with van der Waals surface area (Å²) >= 11 is 0. The third-order valence-electron chi connectivity index (χ3n) is 4.18. The van der Waals surface area contributed by atoms with Crippen LogP contribution in [0.2, 0.25) is 0 Å². The molecule has 1 N–H and O–H groups in total. The van der Waals surface area contributed by atoms with Crippen LogP contribution in [0, 0.1) is 0 Å². The molecule has 4 rings (SSSR count). The maximum Gasteiger partial charge on any atom is 0.172 e. The number of carbonyl (C=O) groups excluding carboxylic acids is 1. The van der Waals surface area contributed by atoms with Crippen LogP contribution in [0.5, 0.6) is 0 Å². The van der Waals surface area contributed by atoms with E-state index >= 15 is 0 Å². The van der Waals surface area contributed by atoms with E-state index in [1.165, 1.54) is 5.39 Å². The SMILES string of the molecule is O=C(c1ccc2ccccc2c1)C1CNc2ccccc21. The molecule has 2 nitrogen and oxygen atoms in total. The van der Waals surface area contributed by atoms with Gasteiger partial charge < -0.3 is 5.32 Å². The number of hydrogen-bond acceptors (Lipinski definition) is 2. The molecule has 3 aromatic carbocycles. The highest BCUT2D eigenvalue weighted by Crippen LogP contribution is 2.33. The van der Waals surface area contributed by atoms with Gasteiger partial charge in [-0.15, -0.1) is 0 Å². The van der Waals surface area contributed by atoms with Gasteiger partial charge in [-0.1, -0.05) is 54.6 Å². The number of nitrogens with one attached hydrogen (secondary N) is 1. The Balaban J connectivity index is 1.74. The molecule has 102 valence electrons. The lowest BCUT2D eigenvalue weighted by molar-refractivity contribution is 0.0966. The van der Waals surface area contributed by atoms with Crippen molar-refractivity contribution in [2.45, 2.75) is 5.92 Å². The first-order valence-corrected chi connectivity index (χ1v) is 7.19. The van der Waals surface area contributed by atoms with Gasteiger partial charge in [0, 0.05) is 17.8 Å². The zero-order chi connectivity index (χ0) is 14.2. The molecule has 0 aromatic heterocycles. The summed E-state index contributed by atoms with van der Waals surface area (Å²) in [4.78, 5) is 12.8. The molecule has 1 unspecified atom stereocenters. The lowest BCUT2D eigenvalue weighted by Gasteiger charge is -2.10. The molecule has 1 atom stereocenters. The topological polar surface area (TPSA) is 29.1 Å². The molecular formula is C19H15NO. The molecule has 2 heteroatoms. The maximum absolute atomic E-state index is 12.8. The normalized spacial score (nSPS) is 16.5. The Labute approximate surface area is 123 Å². The van der Waals surface area contributed by atoms with Crippen LogP contribution in [0.25, 0.3) is 10.8 Å². The summed E-state index contributed by atoms with van der Waals surface area (Å²) in [5, 5.41) is 5.60. The Morgan fingerprint density at radius 1 is 0.905 bits per heavy atom. The Morgan fingerprint density at radius 2 is 1.67 bits per heavy atom. The van der Waals surface area contributed by atoms with E-state index in [9.17, 15) is 4.79 Å². The molecule has 0 spiro atoms. The Kier molecular flexibility index (Phi) is 2.74. The van der Waals surface area contributed by atoms with Crippen molar-refractivity contribution < 1.29 is 4.79 Å². The van der Waals surface area contributed by atoms with E-state index in [1.807, 2.05) is 60.7 Å². The lowest BCUT2D eigenvalue weighted by atomic mass is 9.91. The van der Waals surface area contributed by atoms with E-state index < -0.39 is 0 Å². The van der Waals surface area contributed by atoms with Gasteiger partial charge in [-0.05, 0) is 28.5 Å². The van der Waals surface area contributed by atoms with Gasteiger partial charge in [-0.25, -0.2) is 0 Å². The van der Waals surface area contributed by atoms with E-state index in [1.54, 1.807) is 0 Å². The van der Waals surface area contributed by atoms with Crippen LogP contribution in [0.4, 0.5) is 5.69 Å². The first kappa shape index (κ1) is 12.2. The fraction of sp³-hybridized carbons (Fsp3) is 0.105. The third-order valence-corrected chi connectivity index (χ3v) is 4.18. The molecule has 1 aliphatic heterocycles. The minimum atomic E-state index is -0.0811. The average molecular weight is 273 g/mol. The van der Waals surface area contributed by atoms with E-state index in [0.717, 1.165) is 22.2 Å². The van der Waals surface area contributed by atoms with Gasteiger partial charge in [-0.2, -0.15) is 0 Å². The number of fused-ring (bicyclic) bond motifs is 2. The van der Waals surface area contributed by atoms with Crippen molar-refractivity contribution in [3.05, 3.63) is 77.9 Å². The van der Waals surface area contributed by atoms with Gasteiger partial charge in [0.1, 0.15) is 0 Å². The molecule has 1 aliphatic rings. The third kappa shape index (κ3) is 2.00. The molecule has 0 saturated carbocycles. The summed E-state index contributed by atoms with van der Waals surface area (Å²) in [5.41, 5.74) is 2.98. The number of ketones is 1. The molecular weight excluding hydrogens is 258 g/mol. The zero-order valence-corrected chi connectivity index (χ0v) is 11.5. The van der Waals surface area contributed by atoms with E-state index in [0.29, 0.717) is 6.54 Å². The van der Waals surface area contributed by atoms with Crippen molar-refractivity contribution in [2.24, 2.45) is 0 Å². The highest BCUT2D eigenvalue weighted by atomic mass is 16.1. The Hall–Kier alpha value is -2.61. The molecule has 0 bridgehead atoms. The van der Waals surface area contributed by atoms with Crippen molar-refractivity contribution >= 4 is 22.2 Å². The number of Topliss-reactive ketones (excluding diaryl/α,β-unsaturated/α-hetero) is 1. The smallest absolute Gasteiger partial charge is 0.172 e. The van der Waals surface area contributed by atoms with Gasteiger partial charge in [0.05, 0.1) is 5.92 Å². The fourth-order valence-electron chi connectivity index (χ4n) is 3.06. The van der Waals surface area contributed by atoms with Gasteiger partial charge in [0.25, 0.3) is 0 Å². The van der Waals surface area contributed by atoms with Crippen molar-refractivity contribution in [2.75, 3.05) is 11.9 Å². The summed E-state index contributed by atoms with van der Waals surface area (Å²) in [6.07, 6.45) is 0.